The number of para-hydroxylation sites is 1. The quantitative estimate of drug-likeness (QED) is 0.157. The molecule has 0 saturated carbocycles. The predicted molar refractivity (Wildman–Crippen MR) is 120 cm³/mol. The minimum Gasteiger partial charge on any atom is -0.462 e. The number of carbonyl (C=O) groups is 4. The highest BCUT2D eigenvalue weighted by atomic mass is 16.6. The van der Waals surface area contributed by atoms with Crippen molar-refractivity contribution in [1.29, 1.82) is 0 Å². The van der Waals surface area contributed by atoms with E-state index in [0.29, 0.717) is 12.8 Å². The van der Waals surface area contributed by atoms with Gasteiger partial charge in [-0.15, -0.1) is 0 Å². The van der Waals surface area contributed by atoms with E-state index in [0.717, 1.165) is 0 Å². The van der Waals surface area contributed by atoms with Crippen LogP contribution in [0.1, 0.15) is 32.3 Å². The highest BCUT2D eigenvalue weighted by Gasteiger charge is 2.31. The maximum absolute atomic E-state index is 12.6. The molecule has 1 aromatic rings. The maximum Gasteiger partial charge on any atom is 0.410 e. The smallest absolute Gasteiger partial charge is 0.410 e. The number of rotatable bonds is 10. The van der Waals surface area contributed by atoms with Gasteiger partial charge in [0.15, 0.2) is 6.10 Å². The summed E-state index contributed by atoms with van der Waals surface area (Å²) < 4.78 is 20.5. The van der Waals surface area contributed by atoms with Crippen molar-refractivity contribution in [3.63, 3.8) is 0 Å². The fraction of sp³-hybridized carbons (Fsp3) is 0.478. The number of hydrogen-bond donors (Lipinski definition) is 0. The number of esters is 3. The zero-order valence-electron chi connectivity index (χ0n) is 19.6. The molecule has 1 unspecified atom stereocenters. The molecule has 0 bridgehead atoms. The van der Waals surface area contributed by atoms with Gasteiger partial charge in [-0.2, -0.15) is 0 Å². The Labute approximate surface area is 201 Å². The fourth-order valence-electron chi connectivity index (χ4n) is 3.22. The molecule has 1 amide bonds. The lowest BCUT2D eigenvalue weighted by Gasteiger charge is -2.31. The number of carbonyl (C=O) groups excluding carboxylic acids is 4. The molecule has 1 saturated heterocycles. The van der Waals surface area contributed by atoms with E-state index in [9.17, 15) is 29.3 Å². The Morgan fingerprint density at radius 3 is 2.31 bits per heavy atom. The largest absolute Gasteiger partial charge is 0.462 e. The van der Waals surface area contributed by atoms with Gasteiger partial charge in [0.2, 0.25) is 0 Å². The first-order valence-electron chi connectivity index (χ1n) is 10.9. The van der Waals surface area contributed by atoms with Gasteiger partial charge in [0.1, 0.15) is 19.8 Å². The molecule has 0 aliphatic carbocycles. The average molecular weight is 492 g/mol. The van der Waals surface area contributed by atoms with Crippen molar-refractivity contribution in [2.75, 3.05) is 26.3 Å². The fourth-order valence-corrected chi connectivity index (χ4v) is 3.22. The van der Waals surface area contributed by atoms with E-state index in [1.54, 1.807) is 6.07 Å². The summed E-state index contributed by atoms with van der Waals surface area (Å²) in [4.78, 5) is 59.6. The molecule has 0 radical (unpaired) electrons. The minimum absolute atomic E-state index is 0.140. The van der Waals surface area contributed by atoms with Crippen LogP contribution in [0.15, 0.2) is 36.4 Å². The Balaban J connectivity index is 1.84. The standard InChI is InChI=1S/C23H28N2O10/c1-15(2)21(27)33-14-19(13-32-16(3)26)35-22(28)17-8-10-24(11-9-17)23(29)34-12-18-6-4-5-7-20(18)25(30)31/h4-7,17,19H,1,8-14H2,2-3H3. The second kappa shape index (κ2) is 13.1. The second-order valence-corrected chi connectivity index (χ2v) is 7.94. The van der Waals surface area contributed by atoms with Crippen LogP contribution in [0.4, 0.5) is 10.5 Å². The molecular weight excluding hydrogens is 464 g/mol. The molecular formula is C23H28N2O10. The summed E-state index contributed by atoms with van der Waals surface area (Å²) in [5.41, 5.74) is 0.304. The van der Waals surface area contributed by atoms with Crippen molar-refractivity contribution in [2.45, 2.75) is 39.4 Å². The predicted octanol–water partition coefficient (Wildman–Crippen LogP) is 2.54. The summed E-state index contributed by atoms with van der Waals surface area (Å²) in [7, 11) is 0. The van der Waals surface area contributed by atoms with Crippen LogP contribution in [-0.2, 0) is 39.9 Å². The third-order valence-corrected chi connectivity index (χ3v) is 5.13. The molecule has 12 nitrogen and oxygen atoms in total. The number of likely N-dealkylation sites (tertiary alicyclic amines) is 1. The Morgan fingerprint density at radius 2 is 1.71 bits per heavy atom. The van der Waals surface area contributed by atoms with Crippen LogP contribution in [0.5, 0.6) is 0 Å². The highest BCUT2D eigenvalue weighted by Crippen LogP contribution is 2.22. The molecule has 1 heterocycles. The van der Waals surface area contributed by atoms with Gasteiger partial charge in [0.05, 0.1) is 16.4 Å². The van der Waals surface area contributed by atoms with Crippen molar-refractivity contribution in [3.05, 3.63) is 52.1 Å². The molecule has 1 atom stereocenters. The lowest BCUT2D eigenvalue weighted by atomic mass is 9.97. The Bertz CT molecular complexity index is 969. The first-order valence-corrected chi connectivity index (χ1v) is 10.9. The van der Waals surface area contributed by atoms with Crippen LogP contribution >= 0.6 is 0 Å². The van der Waals surface area contributed by atoms with E-state index in [1.165, 1.54) is 36.9 Å². The van der Waals surface area contributed by atoms with Crippen LogP contribution in [-0.4, -0.2) is 66.2 Å². The van der Waals surface area contributed by atoms with Crippen LogP contribution in [0, 0.1) is 16.0 Å². The van der Waals surface area contributed by atoms with Crippen molar-refractivity contribution in [2.24, 2.45) is 5.92 Å². The van der Waals surface area contributed by atoms with Crippen molar-refractivity contribution in [1.82, 2.24) is 4.90 Å². The van der Waals surface area contributed by atoms with Gasteiger partial charge in [-0.05, 0) is 25.8 Å². The molecule has 1 fully saturated rings. The topological polar surface area (TPSA) is 152 Å². The number of nitro benzene ring substituents is 1. The number of ether oxygens (including phenoxy) is 4. The van der Waals surface area contributed by atoms with Crippen LogP contribution in [0.2, 0.25) is 0 Å². The first kappa shape index (κ1) is 27.3. The summed E-state index contributed by atoms with van der Waals surface area (Å²) in [5, 5.41) is 11.1. The molecule has 1 aromatic carbocycles. The summed E-state index contributed by atoms with van der Waals surface area (Å²) in [5.74, 6) is -2.33. The minimum atomic E-state index is -0.987. The van der Waals surface area contributed by atoms with Crippen LogP contribution in [0.3, 0.4) is 0 Å². The van der Waals surface area contributed by atoms with Crippen LogP contribution in [0.25, 0.3) is 0 Å². The van der Waals surface area contributed by atoms with Gasteiger partial charge < -0.3 is 23.8 Å². The molecule has 0 aromatic heterocycles. The lowest BCUT2D eigenvalue weighted by molar-refractivity contribution is -0.385. The number of benzene rings is 1. The van der Waals surface area contributed by atoms with Crippen molar-refractivity contribution in [3.8, 4) is 0 Å². The number of hydrogen-bond acceptors (Lipinski definition) is 10. The monoisotopic (exact) mass is 492 g/mol. The zero-order chi connectivity index (χ0) is 26.0. The lowest BCUT2D eigenvalue weighted by Crippen LogP contribution is -2.42. The first-order chi connectivity index (χ1) is 16.6. The Morgan fingerprint density at radius 1 is 1.09 bits per heavy atom. The summed E-state index contributed by atoms with van der Waals surface area (Å²) in [6.07, 6.45) is -1.04. The van der Waals surface area contributed by atoms with E-state index in [1.807, 2.05) is 0 Å². The van der Waals surface area contributed by atoms with Gasteiger partial charge in [-0.1, -0.05) is 18.7 Å². The van der Waals surface area contributed by atoms with E-state index < -0.39 is 40.9 Å². The Kier molecular flexibility index (Phi) is 10.2. The van der Waals surface area contributed by atoms with Gasteiger partial charge in [-0.25, -0.2) is 9.59 Å². The number of nitrogens with zero attached hydrogens (tertiary/aromatic N) is 2. The van der Waals surface area contributed by atoms with E-state index >= 15 is 0 Å². The summed E-state index contributed by atoms with van der Waals surface area (Å²) >= 11 is 0. The zero-order valence-corrected chi connectivity index (χ0v) is 19.6. The number of amides is 1. The van der Waals surface area contributed by atoms with Crippen LogP contribution < -0.4 is 0 Å². The van der Waals surface area contributed by atoms with Gasteiger partial charge in [0.25, 0.3) is 5.69 Å². The molecule has 1 aliphatic heterocycles. The normalized spacial score (nSPS) is 14.4. The Hall–Kier alpha value is -3.96. The average Bonchev–Trinajstić information content (AvgIpc) is 2.83. The molecule has 35 heavy (non-hydrogen) atoms. The van der Waals surface area contributed by atoms with Crippen molar-refractivity contribution >= 4 is 29.7 Å². The molecule has 0 spiro atoms. The van der Waals surface area contributed by atoms with Gasteiger partial charge in [-0.3, -0.25) is 19.7 Å². The van der Waals surface area contributed by atoms with E-state index in [-0.39, 0.29) is 49.7 Å². The molecule has 2 rings (SSSR count). The third kappa shape index (κ3) is 8.72. The SMILES string of the molecule is C=C(C)C(=O)OCC(COC(C)=O)OC(=O)C1CCN(C(=O)OCc2ccccc2[N+](=O)[O-])CC1. The number of piperidine rings is 1. The summed E-state index contributed by atoms with van der Waals surface area (Å²) in [6.45, 7) is 5.73. The highest BCUT2D eigenvalue weighted by molar-refractivity contribution is 5.87. The van der Waals surface area contributed by atoms with E-state index in [2.05, 4.69) is 6.58 Å². The van der Waals surface area contributed by atoms with Gasteiger partial charge in [0, 0.05) is 31.7 Å². The number of nitro groups is 1. The summed E-state index contributed by atoms with van der Waals surface area (Å²) in [6, 6.07) is 5.97. The van der Waals surface area contributed by atoms with Crippen molar-refractivity contribution < 1.29 is 43.0 Å². The maximum atomic E-state index is 12.6. The van der Waals surface area contributed by atoms with E-state index in [4.69, 9.17) is 18.9 Å². The second-order valence-electron chi connectivity index (χ2n) is 7.94. The van der Waals surface area contributed by atoms with Gasteiger partial charge >= 0.3 is 24.0 Å². The third-order valence-electron chi connectivity index (χ3n) is 5.13. The molecule has 0 N–H and O–H groups in total. The molecule has 1 aliphatic rings. The molecule has 12 heteroatoms. The molecule has 190 valence electrons.